The average molecular weight is 319 g/mol. The van der Waals surface area contributed by atoms with Crippen LogP contribution in [-0.4, -0.2) is 53.9 Å². The fraction of sp³-hybridized carbons (Fsp3) is 0.350. The first-order valence-corrected chi connectivity index (χ1v) is 8.30. The van der Waals surface area contributed by atoms with Crippen LogP contribution in [0.1, 0.15) is 11.1 Å². The lowest BCUT2D eigenvalue weighted by Gasteiger charge is -2.40. The number of hydrogen-bond acceptors (Lipinski definition) is 2. The fourth-order valence-corrected chi connectivity index (χ4v) is 4.10. The van der Waals surface area contributed by atoms with Gasteiger partial charge in [-0.2, -0.15) is 0 Å². The Morgan fingerprint density at radius 1 is 1.50 bits per heavy atom. The Balaban J connectivity index is 1.79. The summed E-state index contributed by atoms with van der Waals surface area (Å²) >= 11 is 0. The molecule has 0 saturated heterocycles. The molecular weight excluding hydrogens is 298 g/mol. The molecule has 4 rings (SSSR count). The number of nitrogens with zero attached hydrogens (tertiary/aromatic N) is 2. The standard InChI is InChI=1S/C20H21N3O/c1-4-8-22(2)20(24)14-9-16-15-6-5-7-17-19(15)13(11-21-17)10-18(16)23(3)12-14/h1,5-7,9,11,14,18,21H,8,10,12H2,2-3H3/t14-,18-/m1/s1. The second kappa shape index (κ2) is 5.54. The fourth-order valence-electron chi connectivity index (χ4n) is 4.10. The first-order valence-electron chi connectivity index (χ1n) is 8.30. The van der Waals surface area contributed by atoms with Crippen molar-refractivity contribution >= 4 is 22.4 Å². The molecule has 4 heteroatoms. The van der Waals surface area contributed by atoms with E-state index in [9.17, 15) is 4.79 Å². The summed E-state index contributed by atoms with van der Waals surface area (Å²) < 4.78 is 0. The Kier molecular flexibility index (Phi) is 3.47. The number of nitrogens with one attached hydrogen (secondary N) is 1. The van der Waals surface area contributed by atoms with E-state index < -0.39 is 0 Å². The molecule has 0 fully saturated rings. The van der Waals surface area contributed by atoms with Gasteiger partial charge in [-0.05, 0) is 36.2 Å². The molecule has 0 unspecified atom stereocenters. The first-order chi connectivity index (χ1) is 11.6. The van der Waals surface area contributed by atoms with Crippen LogP contribution in [0, 0.1) is 18.3 Å². The van der Waals surface area contributed by atoms with E-state index in [0.717, 1.165) is 13.0 Å². The topological polar surface area (TPSA) is 39.3 Å². The van der Waals surface area contributed by atoms with Crippen LogP contribution in [0.5, 0.6) is 0 Å². The average Bonchev–Trinajstić information content (AvgIpc) is 3.00. The number of carbonyl (C=O) groups excluding carboxylic acids is 1. The molecular formula is C20H21N3O. The second-order valence-electron chi connectivity index (χ2n) is 6.83. The molecule has 2 aliphatic rings. The van der Waals surface area contributed by atoms with Crippen LogP contribution in [0.25, 0.3) is 16.5 Å². The van der Waals surface area contributed by atoms with Crippen LogP contribution in [0.15, 0.2) is 30.5 Å². The summed E-state index contributed by atoms with van der Waals surface area (Å²) in [5.41, 5.74) is 5.06. The maximum absolute atomic E-state index is 12.7. The van der Waals surface area contributed by atoms with E-state index >= 15 is 0 Å². The molecule has 2 atom stereocenters. The van der Waals surface area contributed by atoms with Gasteiger partial charge in [0.1, 0.15) is 0 Å². The second-order valence-corrected chi connectivity index (χ2v) is 6.83. The number of hydrogen-bond donors (Lipinski definition) is 1. The Labute approximate surface area is 142 Å². The number of aromatic nitrogens is 1. The van der Waals surface area contributed by atoms with Gasteiger partial charge in [-0.3, -0.25) is 9.69 Å². The van der Waals surface area contributed by atoms with Crippen molar-refractivity contribution in [2.75, 3.05) is 27.2 Å². The SMILES string of the molecule is C#CCN(C)C(=O)[C@@H]1C=C2c3cccc4[nH]cc(c34)C[C@H]2N(C)C1. The highest BCUT2D eigenvalue weighted by Gasteiger charge is 2.36. The van der Waals surface area contributed by atoms with Crippen molar-refractivity contribution < 1.29 is 4.79 Å². The molecule has 4 nitrogen and oxygen atoms in total. The Bertz CT molecular complexity index is 886. The van der Waals surface area contributed by atoms with Crippen molar-refractivity contribution in [2.24, 2.45) is 5.92 Å². The summed E-state index contributed by atoms with van der Waals surface area (Å²) in [6.07, 6.45) is 10.6. The van der Waals surface area contributed by atoms with Crippen molar-refractivity contribution in [1.82, 2.24) is 14.8 Å². The largest absolute Gasteiger partial charge is 0.361 e. The summed E-state index contributed by atoms with van der Waals surface area (Å²) in [6.45, 7) is 1.08. The van der Waals surface area contributed by atoms with Gasteiger partial charge in [-0.15, -0.1) is 6.42 Å². The maximum atomic E-state index is 12.7. The van der Waals surface area contributed by atoms with Crippen molar-refractivity contribution in [2.45, 2.75) is 12.5 Å². The summed E-state index contributed by atoms with van der Waals surface area (Å²) in [5.74, 6) is 2.50. The van der Waals surface area contributed by atoms with E-state index in [1.54, 1.807) is 11.9 Å². The predicted molar refractivity (Wildman–Crippen MR) is 96.4 cm³/mol. The van der Waals surface area contributed by atoms with Gasteiger partial charge in [0.2, 0.25) is 5.91 Å². The Hall–Kier alpha value is -2.51. The first kappa shape index (κ1) is 15.0. The number of likely N-dealkylation sites (N-methyl/N-ethyl adjacent to an activating group) is 1. The Morgan fingerprint density at radius 2 is 2.33 bits per heavy atom. The van der Waals surface area contributed by atoms with Crippen molar-refractivity contribution in [3.8, 4) is 12.3 Å². The minimum absolute atomic E-state index is 0.0952. The summed E-state index contributed by atoms with van der Waals surface area (Å²) in [4.78, 5) is 20.0. The lowest BCUT2D eigenvalue weighted by Crippen LogP contribution is -2.47. The highest BCUT2D eigenvalue weighted by molar-refractivity contribution is 5.99. The zero-order chi connectivity index (χ0) is 16.8. The lowest BCUT2D eigenvalue weighted by molar-refractivity contribution is -0.132. The smallest absolute Gasteiger partial charge is 0.231 e. The summed E-state index contributed by atoms with van der Waals surface area (Å²) in [6, 6.07) is 6.69. The van der Waals surface area contributed by atoms with E-state index in [1.807, 2.05) is 0 Å². The minimum atomic E-state index is -0.143. The monoisotopic (exact) mass is 319 g/mol. The lowest BCUT2D eigenvalue weighted by atomic mass is 9.79. The van der Waals surface area contributed by atoms with Gasteiger partial charge in [-0.25, -0.2) is 0 Å². The van der Waals surface area contributed by atoms with Gasteiger partial charge < -0.3 is 9.88 Å². The quantitative estimate of drug-likeness (QED) is 0.862. The number of benzene rings is 1. The Morgan fingerprint density at radius 3 is 3.12 bits per heavy atom. The zero-order valence-electron chi connectivity index (χ0n) is 14.0. The van der Waals surface area contributed by atoms with E-state index in [2.05, 4.69) is 53.3 Å². The van der Waals surface area contributed by atoms with Crippen LogP contribution >= 0.6 is 0 Å². The van der Waals surface area contributed by atoms with Gasteiger partial charge in [0.05, 0.1) is 12.5 Å². The van der Waals surface area contributed by atoms with Crippen LogP contribution in [0.4, 0.5) is 0 Å². The highest BCUT2D eigenvalue weighted by atomic mass is 16.2. The maximum Gasteiger partial charge on any atom is 0.231 e. The molecule has 1 amide bonds. The van der Waals surface area contributed by atoms with Gasteiger partial charge in [0.15, 0.2) is 0 Å². The molecule has 1 aliphatic heterocycles. The third-order valence-corrected chi connectivity index (χ3v) is 5.29. The van der Waals surface area contributed by atoms with Gasteiger partial charge in [0, 0.05) is 36.7 Å². The third-order valence-electron chi connectivity index (χ3n) is 5.29. The molecule has 1 N–H and O–H groups in total. The third kappa shape index (κ3) is 2.16. The van der Waals surface area contributed by atoms with E-state index in [4.69, 9.17) is 6.42 Å². The molecule has 1 aromatic heterocycles. The van der Waals surface area contributed by atoms with E-state index in [1.165, 1.54) is 27.6 Å². The molecule has 2 heterocycles. The van der Waals surface area contributed by atoms with Crippen LogP contribution in [-0.2, 0) is 11.2 Å². The van der Waals surface area contributed by atoms with Crippen molar-refractivity contribution in [3.63, 3.8) is 0 Å². The number of carbonyl (C=O) groups is 1. The van der Waals surface area contributed by atoms with Gasteiger partial charge >= 0.3 is 0 Å². The molecule has 1 aliphatic carbocycles. The van der Waals surface area contributed by atoms with Crippen LogP contribution in [0.2, 0.25) is 0 Å². The van der Waals surface area contributed by atoms with Crippen molar-refractivity contribution in [1.29, 1.82) is 0 Å². The molecule has 24 heavy (non-hydrogen) atoms. The number of fused-ring (bicyclic) bond motifs is 2. The molecule has 0 radical (unpaired) electrons. The van der Waals surface area contributed by atoms with Crippen LogP contribution in [0.3, 0.4) is 0 Å². The van der Waals surface area contributed by atoms with Crippen molar-refractivity contribution in [3.05, 3.63) is 41.6 Å². The van der Waals surface area contributed by atoms with Crippen LogP contribution < -0.4 is 0 Å². The molecule has 2 aromatic rings. The molecule has 1 aromatic carbocycles. The highest BCUT2D eigenvalue weighted by Crippen LogP contribution is 2.40. The number of amides is 1. The van der Waals surface area contributed by atoms with Gasteiger partial charge in [-0.1, -0.05) is 24.1 Å². The normalized spacial score (nSPS) is 22.6. The minimum Gasteiger partial charge on any atom is -0.361 e. The molecule has 0 spiro atoms. The number of rotatable bonds is 2. The summed E-state index contributed by atoms with van der Waals surface area (Å²) in [5, 5.41) is 1.30. The zero-order valence-corrected chi connectivity index (χ0v) is 14.0. The number of terminal acetylenes is 1. The predicted octanol–water partition coefficient (Wildman–Crippen LogP) is 2.13. The summed E-state index contributed by atoms with van der Waals surface area (Å²) in [7, 11) is 3.88. The molecule has 0 bridgehead atoms. The van der Waals surface area contributed by atoms with Gasteiger partial charge in [0.25, 0.3) is 0 Å². The number of aromatic amines is 1. The van der Waals surface area contributed by atoms with E-state index in [0.29, 0.717) is 12.6 Å². The number of H-pyrrole nitrogens is 1. The molecule has 0 saturated carbocycles. The van der Waals surface area contributed by atoms with E-state index in [-0.39, 0.29) is 11.8 Å². The molecule has 122 valence electrons.